The Labute approximate surface area is 164 Å². The molecule has 144 valence electrons. The van der Waals surface area contributed by atoms with Gasteiger partial charge in [-0.2, -0.15) is 0 Å². The minimum absolute atomic E-state index is 0.244. The van der Waals surface area contributed by atoms with Crippen molar-refractivity contribution in [2.75, 3.05) is 31.0 Å². The Morgan fingerprint density at radius 2 is 1.86 bits per heavy atom. The Morgan fingerprint density at radius 1 is 1.07 bits per heavy atom. The number of nitrogens with zero attached hydrogens (tertiary/aromatic N) is 3. The lowest BCUT2D eigenvalue weighted by Gasteiger charge is -2.26. The number of morpholine rings is 1. The van der Waals surface area contributed by atoms with Crippen molar-refractivity contribution in [2.45, 2.75) is 4.90 Å². The van der Waals surface area contributed by atoms with Crippen LogP contribution >= 0.6 is 0 Å². The topological polar surface area (TPSA) is 96.5 Å². The summed E-state index contributed by atoms with van der Waals surface area (Å²) in [5.41, 5.74) is 4.75. The number of hydrogen-bond acceptors (Lipinski definition) is 6. The van der Waals surface area contributed by atoms with Gasteiger partial charge in [-0.05, 0) is 30.3 Å². The van der Waals surface area contributed by atoms with Gasteiger partial charge in [-0.25, -0.2) is 14.2 Å². The summed E-state index contributed by atoms with van der Waals surface area (Å²) in [5, 5.41) is 1.82. The number of rotatable bonds is 5. The molecule has 2 aromatic carbocycles. The molecule has 28 heavy (non-hydrogen) atoms. The molecule has 1 amide bonds. The van der Waals surface area contributed by atoms with Crippen molar-refractivity contribution in [1.29, 1.82) is 0 Å². The van der Waals surface area contributed by atoms with Crippen LogP contribution in [-0.4, -0.2) is 51.4 Å². The number of aromatic nitrogens is 2. The zero-order valence-electron chi connectivity index (χ0n) is 15.0. The molecule has 1 aliphatic heterocycles. The number of nitrogens with one attached hydrogen (secondary N) is 2. The molecule has 0 aliphatic carbocycles. The number of amides is 1. The molecule has 8 nitrogen and oxygen atoms in total. The van der Waals surface area contributed by atoms with Gasteiger partial charge < -0.3 is 4.74 Å². The van der Waals surface area contributed by atoms with Gasteiger partial charge in [0.1, 0.15) is 0 Å². The molecule has 1 aliphatic rings. The van der Waals surface area contributed by atoms with E-state index in [1.165, 1.54) is 6.20 Å². The smallest absolute Gasteiger partial charge is 0.265 e. The third kappa shape index (κ3) is 4.33. The molecule has 2 N–H and O–H groups in total. The zero-order valence-corrected chi connectivity index (χ0v) is 15.8. The third-order valence-electron chi connectivity index (χ3n) is 4.23. The van der Waals surface area contributed by atoms with Gasteiger partial charge in [0.2, 0.25) is 0 Å². The van der Waals surface area contributed by atoms with E-state index in [1.807, 2.05) is 29.3 Å². The summed E-state index contributed by atoms with van der Waals surface area (Å²) in [7, 11) is -1.58. The Balaban J connectivity index is 1.46. The summed E-state index contributed by atoms with van der Waals surface area (Å²) in [6.07, 6.45) is 1.54. The highest BCUT2D eigenvalue weighted by Crippen LogP contribution is 2.15. The first-order valence-corrected chi connectivity index (χ1v) is 9.98. The van der Waals surface area contributed by atoms with Crippen molar-refractivity contribution in [1.82, 2.24) is 20.4 Å². The van der Waals surface area contributed by atoms with E-state index in [9.17, 15) is 9.00 Å². The minimum Gasteiger partial charge on any atom is -0.379 e. The number of carbonyl (C=O) groups excluding carboxylic acids is 1. The zero-order chi connectivity index (χ0) is 19.3. The molecule has 4 rings (SSSR count). The molecule has 0 bridgehead atoms. The van der Waals surface area contributed by atoms with E-state index in [0.717, 1.165) is 5.52 Å². The fourth-order valence-electron chi connectivity index (χ4n) is 2.80. The van der Waals surface area contributed by atoms with Gasteiger partial charge in [0.05, 0.1) is 35.3 Å². The van der Waals surface area contributed by atoms with Crippen LogP contribution in [0.3, 0.4) is 0 Å². The second-order valence-electron chi connectivity index (χ2n) is 6.18. The first-order valence-electron chi connectivity index (χ1n) is 8.83. The molecule has 1 saturated heterocycles. The van der Waals surface area contributed by atoms with Crippen LogP contribution in [0.2, 0.25) is 0 Å². The Kier molecular flexibility index (Phi) is 5.56. The van der Waals surface area contributed by atoms with Gasteiger partial charge in [-0.1, -0.05) is 18.2 Å². The van der Waals surface area contributed by atoms with Crippen LogP contribution in [0.1, 0.15) is 10.4 Å². The number of carbonyl (C=O) groups is 1. The van der Waals surface area contributed by atoms with Crippen molar-refractivity contribution in [3.8, 4) is 0 Å². The van der Waals surface area contributed by atoms with Crippen LogP contribution in [0.5, 0.6) is 0 Å². The number of benzene rings is 2. The summed E-state index contributed by atoms with van der Waals surface area (Å²) in [5.74, 6) is 0.159. The summed E-state index contributed by atoms with van der Waals surface area (Å²) in [6.45, 7) is 2.45. The molecule has 0 saturated carbocycles. The van der Waals surface area contributed by atoms with Crippen LogP contribution in [-0.2, 0) is 15.7 Å². The van der Waals surface area contributed by atoms with Crippen molar-refractivity contribution in [2.24, 2.45) is 0 Å². The van der Waals surface area contributed by atoms with Crippen LogP contribution in [0.25, 0.3) is 11.0 Å². The number of ether oxygens (including phenoxy) is 1. The standard InChI is InChI=1S/C19H19N5O3S/c25-19(22-24-8-10-27-11-9-24)14-4-3-5-15(12-14)28(26)23-18-13-20-16-6-1-2-7-17(16)21-18/h1-7,12-13H,8-11H2,(H,21,23)(H,22,25). The molecule has 1 aromatic heterocycles. The lowest BCUT2D eigenvalue weighted by atomic mass is 10.2. The van der Waals surface area contributed by atoms with E-state index in [-0.39, 0.29) is 5.91 Å². The summed E-state index contributed by atoms with van der Waals surface area (Å²) >= 11 is 0. The highest BCUT2D eigenvalue weighted by molar-refractivity contribution is 7.86. The molecule has 1 unspecified atom stereocenters. The molecule has 0 radical (unpaired) electrons. The van der Waals surface area contributed by atoms with Crippen LogP contribution in [0, 0.1) is 0 Å². The second-order valence-corrected chi connectivity index (χ2v) is 7.40. The average Bonchev–Trinajstić information content (AvgIpc) is 2.74. The maximum absolute atomic E-state index is 12.7. The highest BCUT2D eigenvalue weighted by Gasteiger charge is 2.15. The predicted octanol–water partition coefficient (Wildman–Crippen LogP) is 1.74. The van der Waals surface area contributed by atoms with Crippen molar-refractivity contribution in [3.63, 3.8) is 0 Å². The van der Waals surface area contributed by atoms with E-state index in [4.69, 9.17) is 4.74 Å². The second kappa shape index (κ2) is 8.42. The first kappa shape index (κ1) is 18.5. The van der Waals surface area contributed by atoms with Gasteiger partial charge >= 0.3 is 0 Å². The Bertz CT molecular complexity index is 1020. The fourth-order valence-corrected chi connectivity index (χ4v) is 3.64. The van der Waals surface area contributed by atoms with Gasteiger partial charge in [-0.3, -0.25) is 19.9 Å². The normalized spacial score (nSPS) is 15.9. The first-order chi connectivity index (χ1) is 13.7. The van der Waals surface area contributed by atoms with Crippen LogP contribution < -0.4 is 10.1 Å². The van der Waals surface area contributed by atoms with Gasteiger partial charge in [0, 0.05) is 18.7 Å². The fraction of sp³-hybridized carbons (Fsp3) is 0.211. The van der Waals surface area contributed by atoms with Crippen LogP contribution in [0.15, 0.2) is 59.6 Å². The largest absolute Gasteiger partial charge is 0.379 e. The molecular formula is C19H19N5O3S. The van der Waals surface area contributed by atoms with Gasteiger partial charge in [0.25, 0.3) is 5.91 Å². The lowest BCUT2D eigenvalue weighted by molar-refractivity contribution is 0.0126. The van der Waals surface area contributed by atoms with Gasteiger partial charge in [0.15, 0.2) is 16.8 Å². The number of hydrazine groups is 1. The number of anilines is 1. The van der Waals surface area contributed by atoms with E-state index in [2.05, 4.69) is 20.1 Å². The third-order valence-corrected chi connectivity index (χ3v) is 5.30. The van der Waals surface area contributed by atoms with E-state index in [1.54, 1.807) is 24.3 Å². The molecule has 1 fully saturated rings. The van der Waals surface area contributed by atoms with Crippen LogP contribution in [0.4, 0.5) is 5.82 Å². The van der Waals surface area contributed by atoms with E-state index in [0.29, 0.717) is 48.1 Å². The minimum atomic E-state index is -1.58. The van der Waals surface area contributed by atoms with E-state index >= 15 is 0 Å². The highest BCUT2D eigenvalue weighted by atomic mass is 32.2. The molecule has 1 atom stereocenters. The summed E-state index contributed by atoms with van der Waals surface area (Å²) in [4.78, 5) is 21.6. The summed E-state index contributed by atoms with van der Waals surface area (Å²) < 4.78 is 20.8. The van der Waals surface area contributed by atoms with Crippen molar-refractivity contribution >= 4 is 33.7 Å². The maximum Gasteiger partial charge on any atom is 0.265 e. The maximum atomic E-state index is 12.7. The van der Waals surface area contributed by atoms with Gasteiger partial charge in [-0.15, -0.1) is 0 Å². The summed E-state index contributed by atoms with van der Waals surface area (Å²) in [6, 6.07) is 14.1. The predicted molar refractivity (Wildman–Crippen MR) is 106 cm³/mol. The number of hydrogen-bond donors (Lipinski definition) is 2. The average molecular weight is 397 g/mol. The van der Waals surface area contributed by atoms with E-state index < -0.39 is 11.0 Å². The molecule has 9 heteroatoms. The number of para-hydroxylation sites is 2. The molecule has 0 spiro atoms. The number of fused-ring (bicyclic) bond motifs is 1. The van der Waals surface area contributed by atoms with Crippen molar-refractivity contribution < 1.29 is 13.7 Å². The molecular weight excluding hydrogens is 378 g/mol. The Hall–Kier alpha value is -2.88. The quantitative estimate of drug-likeness (QED) is 0.681. The lowest BCUT2D eigenvalue weighted by Crippen LogP contribution is -2.48. The Morgan fingerprint density at radius 3 is 2.68 bits per heavy atom. The SMILES string of the molecule is O=C(NN1CCOCC1)c1cccc(S(=O)Nc2cnc3ccccc3n2)c1. The molecule has 3 aromatic rings. The monoisotopic (exact) mass is 397 g/mol. The molecule has 2 heterocycles. The van der Waals surface area contributed by atoms with Crippen molar-refractivity contribution in [3.05, 3.63) is 60.3 Å².